The molecule has 1 N–H and O–H groups in total. The van der Waals surface area contributed by atoms with Crippen molar-refractivity contribution in [2.45, 2.75) is 32.9 Å². The van der Waals surface area contributed by atoms with E-state index in [4.69, 9.17) is 4.74 Å². The van der Waals surface area contributed by atoms with Crippen LogP contribution in [-0.2, 0) is 16.0 Å². The van der Waals surface area contributed by atoms with Crippen molar-refractivity contribution < 1.29 is 19.1 Å². The van der Waals surface area contributed by atoms with Crippen LogP contribution >= 0.6 is 11.3 Å². The van der Waals surface area contributed by atoms with Crippen LogP contribution in [0.5, 0.6) is 0 Å². The normalized spacial score (nSPS) is 10.9. The minimum Gasteiger partial charge on any atom is -0.465 e. The third-order valence-electron chi connectivity index (χ3n) is 1.94. The van der Waals surface area contributed by atoms with Crippen LogP contribution in [0.25, 0.3) is 0 Å². The SMILES string of the molecule is COC(=O)c1ccsc1CNC(=O)OC(C)(C)C. The molecule has 0 saturated carbocycles. The highest BCUT2D eigenvalue weighted by Gasteiger charge is 2.17. The van der Waals surface area contributed by atoms with Gasteiger partial charge in [-0.15, -0.1) is 11.3 Å². The van der Waals surface area contributed by atoms with Crippen molar-refractivity contribution in [2.75, 3.05) is 7.11 Å². The van der Waals surface area contributed by atoms with E-state index in [1.165, 1.54) is 18.4 Å². The molecule has 1 rings (SSSR count). The molecule has 0 bridgehead atoms. The van der Waals surface area contributed by atoms with Gasteiger partial charge in [0.2, 0.25) is 0 Å². The predicted octanol–water partition coefficient (Wildman–Crippen LogP) is 2.56. The van der Waals surface area contributed by atoms with Gasteiger partial charge in [0.1, 0.15) is 5.60 Å². The lowest BCUT2D eigenvalue weighted by molar-refractivity contribution is 0.0519. The molecule has 1 aromatic heterocycles. The lowest BCUT2D eigenvalue weighted by Crippen LogP contribution is -2.32. The number of esters is 1. The molecule has 0 aliphatic carbocycles. The molecule has 0 radical (unpaired) electrons. The van der Waals surface area contributed by atoms with E-state index >= 15 is 0 Å². The zero-order valence-electron chi connectivity index (χ0n) is 10.9. The maximum Gasteiger partial charge on any atom is 0.407 e. The molecule has 1 amide bonds. The number of carbonyl (C=O) groups is 2. The van der Waals surface area contributed by atoms with Gasteiger partial charge in [-0.1, -0.05) is 0 Å². The first kappa shape index (κ1) is 14.5. The average molecular weight is 271 g/mol. The Morgan fingerprint density at radius 3 is 2.61 bits per heavy atom. The summed E-state index contributed by atoms with van der Waals surface area (Å²) in [6.45, 7) is 5.61. The van der Waals surface area contributed by atoms with Crippen LogP contribution < -0.4 is 5.32 Å². The summed E-state index contributed by atoms with van der Waals surface area (Å²) in [6.07, 6.45) is -0.508. The van der Waals surface area contributed by atoms with Crippen LogP contribution in [0.4, 0.5) is 4.79 Å². The van der Waals surface area contributed by atoms with Crippen molar-refractivity contribution in [2.24, 2.45) is 0 Å². The van der Waals surface area contributed by atoms with Crippen molar-refractivity contribution in [1.82, 2.24) is 5.32 Å². The molecule has 1 aromatic rings. The van der Waals surface area contributed by atoms with Crippen LogP contribution in [0.3, 0.4) is 0 Å². The van der Waals surface area contributed by atoms with Gasteiger partial charge in [0.15, 0.2) is 0 Å². The smallest absolute Gasteiger partial charge is 0.407 e. The standard InChI is InChI=1S/C12H17NO4S/c1-12(2,3)17-11(15)13-7-9-8(5-6-18-9)10(14)16-4/h5-6H,7H2,1-4H3,(H,13,15). The molecule has 0 fully saturated rings. The first-order valence-electron chi connectivity index (χ1n) is 5.45. The third kappa shape index (κ3) is 4.37. The second kappa shape index (κ2) is 5.86. The molecule has 6 heteroatoms. The third-order valence-corrected chi connectivity index (χ3v) is 2.86. The van der Waals surface area contributed by atoms with E-state index in [1.807, 2.05) is 0 Å². The van der Waals surface area contributed by atoms with E-state index in [2.05, 4.69) is 10.1 Å². The number of thiophene rings is 1. The van der Waals surface area contributed by atoms with Gasteiger partial charge >= 0.3 is 12.1 Å². The van der Waals surface area contributed by atoms with Crippen LogP contribution in [0, 0.1) is 0 Å². The number of nitrogens with one attached hydrogen (secondary N) is 1. The number of hydrogen-bond donors (Lipinski definition) is 1. The molecule has 0 spiro atoms. The summed E-state index contributed by atoms with van der Waals surface area (Å²) >= 11 is 1.38. The Kier molecular flexibility index (Phi) is 4.72. The Hall–Kier alpha value is -1.56. The maximum atomic E-state index is 11.5. The largest absolute Gasteiger partial charge is 0.465 e. The van der Waals surface area contributed by atoms with Crippen molar-refractivity contribution >= 4 is 23.4 Å². The van der Waals surface area contributed by atoms with Gasteiger partial charge in [-0.05, 0) is 32.2 Å². The predicted molar refractivity (Wildman–Crippen MR) is 68.7 cm³/mol. The molecule has 0 aromatic carbocycles. The minimum atomic E-state index is -0.537. The van der Waals surface area contributed by atoms with Crippen LogP contribution in [-0.4, -0.2) is 24.8 Å². The topological polar surface area (TPSA) is 64.6 Å². The van der Waals surface area contributed by atoms with Crippen LogP contribution in [0.2, 0.25) is 0 Å². The van der Waals surface area contributed by atoms with E-state index in [0.717, 1.165) is 4.88 Å². The van der Waals surface area contributed by atoms with Gasteiger partial charge in [-0.2, -0.15) is 0 Å². The molecule has 0 aliphatic rings. The first-order valence-corrected chi connectivity index (χ1v) is 6.33. The van der Waals surface area contributed by atoms with Gasteiger partial charge in [0, 0.05) is 4.88 Å². The fourth-order valence-electron chi connectivity index (χ4n) is 1.24. The molecule has 0 atom stereocenters. The second-order valence-corrected chi connectivity index (χ2v) is 5.61. The van der Waals surface area contributed by atoms with E-state index in [-0.39, 0.29) is 6.54 Å². The Balaban J connectivity index is 2.57. The summed E-state index contributed by atoms with van der Waals surface area (Å²) in [5, 5.41) is 4.38. The highest BCUT2D eigenvalue weighted by molar-refractivity contribution is 7.10. The molecular formula is C12H17NO4S. The van der Waals surface area contributed by atoms with Crippen molar-refractivity contribution in [1.29, 1.82) is 0 Å². The van der Waals surface area contributed by atoms with Crippen molar-refractivity contribution in [3.8, 4) is 0 Å². The number of amides is 1. The number of carbonyl (C=O) groups excluding carboxylic acids is 2. The quantitative estimate of drug-likeness (QED) is 0.858. The summed E-state index contributed by atoms with van der Waals surface area (Å²) in [5.41, 5.74) is -0.0661. The summed E-state index contributed by atoms with van der Waals surface area (Å²) in [7, 11) is 1.32. The van der Waals surface area contributed by atoms with Gasteiger partial charge in [-0.3, -0.25) is 0 Å². The lowest BCUT2D eigenvalue weighted by Gasteiger charge is -2.19. The molecule has 18 heavy (non-hydrogen) atoms. The molecule has 100 valence electrons. The molecule has 1 heterocycles. The number of alkyl carbamates (subject to hydrolysis) is 1. The highest BCUT2D eigenvalue weighted by Crippen LogP contribution is 2.17. The monoisotopic (exact) mass is 271 g/mol. The fourth-order valence-corrected chi connectivity index (χ4v) is 2.04. The van der Waals surface area contributed by atoms with Crippen LogP contribution in [0.1, 0.15) is 36.0 Å². The number of rotatable bonds is 3. The lowest BCUT2D eigenvalue weighted by atomic mass is 10.2. The van der Waals surface area contributed by atoms with Gasteiger partial charge < -0.3 is 14.8 Å². The molecule has 5 nitrogen and oxygen atoms in total. The molecule has 0 unspecified atom stereocenters. The Morgan fingerprint density at radius 1 is 1.39 bits per heavy atom. The van der Waals surface area contributed by atoms with E-state index in [9.17, 15) is 9.59 Å². The van der Waals surface area contributed by atoms with Gasteiger partial charge in [0.05, 0.1) is 19.2 Å². The molecule has 0 aliphatic heterocycles. The van der Waals surface area contributed by atoms with E-state index < -0.39 is 17.7 Å². The summed E-state index contributed by atoms with van der Waals surface area (Å²) in [5.74, 6) is -0.405. The average Bonchev–Trinajstić information content (AvgIpc) is 2.71. The Labute approximate surface area is 110 Å². The van der Waals surface area contributed by atoms with Crippen molar-refractivity contribution in [3.05, 3.63) is 21.9 Å². The zero-order valence-corrected chi connectivity index (χ0v) is 11.7. The van der Waals surface area contributed by atoms with Gasteiger partial charge in [-0.25, -0.2) is 9.59 Å². The summed E-state index contributed by atoms with van der Waals surface area (Å²) < 4.78 is 9.75. The maximum absolute atomic E-state index is 11.5. The number of methoxy groups -OCH3 is 1. The Bertz CT molecular complexity index is 434. The molecule has 0 saturated heterocycles. The molecular weight excluding hydrogens is 254 g/mol. The number of hydrogen-bond acceptors (Lipinski definition) is 5. The summed E-state index contributed by atoms with van der Waals surface area (Å²) in [4.78, 5) is 23.6. The zero-order chi connectivity index (χ0) is 13.8. The summed E-state index contributed by atoms with van der Waals surface area (Å²) in [6, 6.07) is 1.67. The minimum absolute atomic E-state index is 0.247. The first-order chi connectivity index (χ1) is 8.33. The highest BCUT2D eigenvalue weighted by atomic mass is 32.1. The fraction of sp³-hybridized carbons (Fsp3) is 0.500. The van der Waals surface area contributed by atoms with Crippen LogP contribution in [0.15, 0.2) is 11.4 Å². The van der Waals surface area contributed by atoms with E-state index in [0.29, 0.717) is 5.56 Å². The second-order valence-electron chi connectivity index (χ2n) is 4.60. The van der Waals surface area contributed by atoms with E-state index in [1.54, 1.807) is 32.2 Å². The number of ether oxygens (including phenoxy) is 2. The Morgan fingerprint density at radius 2 is 2.06 bits per heavy atom. The van der Waals surface area contributed by atoms with Crippen molar-refractivity contribution in [3.63, 3.8) is 0 Å². The van der Waals surface area contributed by atoms with Gasteiger partial charge in [0.25, 0.3) is 0 Å².